The molecular formula is C29H53NO3. The molecule has 2 saturated heterocycles. The first-order valence-corrected chi connectivity index (χ1v) is 14.4. The van der Waals surface area contributed by atoms with Crippen molar-refractivity contribution >= 4 is 11.9 Å². The second kappa shape index (κ2) is 15.0. The zero-order valence-electron chi connectivity index (χ0n) is 22.3. The predicted octanol–water partition coefficient (Wildman–Crippen LogP) is 8.61. The van der Waals surface area contributed by atoms with Gasteiger partial charge < -0.3 is 9.64 Å². The second-order valence-electron chi connectivity index (χ2n) is 11.8. The van der Waals surface area contributed by atoms with Crippen LogP contribution < -0.4 is 0 Å². The lowest BCUT2D eigenvalue weighted by molar-refractivity contribution is -0.127. The van der Waals surface area contributed by atoms with Gasteiger partial charge >= 0.3 is 6.09 Å². The summed E-state index contributed by atoms with van der Waals surface area (Å²) in [6.45, 7) is 8.05. The van der Waals surface area contributed by atoms with Gasteiger partial charge in [-0.25, -0.2) is 4.79 Å². The van der Waals surface area contributed by atoms with Crippen LogP contribution in [0.3, 0.4) is 0 Å². The van der Waals surface area contributed by atoms with Gasteiger partial charge in [0.1, 0.15) is 11.4 Å². The smallest absolute Gasteiger partial charge is 0.410 e. The zero-order chi connectivity index (χ0) is 24.1. The average Bonchev–Trinajstić information content (AvgIpc) is 2.74. The number of Topliss-reactive ketones (excluding diaryl/α,β-unsaturated/α-hetero) is 1. The molecule has 0 N–H and O–H groups in total. The summed E-state index contributed by atoms with van der Waals surface area (Å²) in [6.07, 6.45) is 22.8. The second-order valence-corrected chi connectivity index (χ2v) is 11.8. The Labute approximate surface area is 204 Å². The highest BCUT2D eigenvalue weighted by molar-refractivity contribution is 5.81. The monoisotopic (exact) mass is 463 g/mol. The molecule has 2 aliphatic rings. The fourth-order valence-electron chi connectivity index (χ4n) is 5.78. The molecule has 192 valence electrons. The normalized spacial score (nSPS) is 22.9. The lowest BCUT2D eigenvalue weighted by atomic mass is 9.76. The number of piperidine rings is 2. The standard InChI is InChI=1S/C29H53NO3/c1-5-6-7-8-9-10-11-12-13-14-15-16-17-21-27(31)24-22-25-19-18-20-26(23-24)30(25)28(32)33-29(2,3)4/h24-26H,5-23H2,1-4H3. The Morgan fingerprint density at radius 1 is 0.758 bits per heavy atom. The molecule has 2 bridgehead atoms. The molecule has 33 heavy (non-hydrogen) atoms. The summed E-state index contributed by atoms with van der Waals surface area (Å²) in [5.41, 5.74) is -0.466. The molecule has 0 aromatic heterocycles. The van der Waals surface area contributed by atoms with E-state index < -0.39 is 5.60 Å². The van der Waals surface area contributed by atoms with Crippen LogP contribution in [0.1, 0.15) is 150 Å². The summed E-state index contributed by atoms with van der Waals surface area (Å²) < 4.78 is 5.66. The van der Waals surface area contributed by atoms with Crippen LogP contribution >= 0.6 is 0 Å². The Balaban J connectivity index is 1.55. The highest BCUT2D eigenvalue weighted by Gasteiger charge is 2.44. The number of hydrogen-bond acceptors (Lipinski definition) is 3. The first kappa shape index (κ1) is 28.2. The molecule has 0 spiro atoms. The van der Waals surface area contributed by atoms with Crippen LogP contribution in [0.4, 0.5) is 4.79 Å². The van der Waals surface area contributed by atoms with E-state index in [1.165, 1.54) is 77.0 Å². The van der Waals surface area contributed by atoms with Crippen LogP contribution in [0.25, 0.3) is 0 Å². The minimum atomic E-state index is -0.466. The van der Waals surface area contributed by atoms with Crippen molar-refractivity contribution in [2.45, 2.75) is 167 Å². The Morgan fingerprint density at radius 3 is 1.67 bits per heavy atom. The van der Waals surface area contributed by atoms with Crippen LogP contribution in [0.15, 0.2) is 0 Å². The molecule has 2 aliphatic heterocycles. The molecule has 0 aromatic rings. The van der Waals surface area contributed by atoms with E-state index in [4.69, 9.17) is 4.74 Å². The number of nitrogens with zero attached hydrogens (tertiary/aromatic N) is 1. The lowest BCUT2D eigenvalue weighted by Crippen LogP contribution is -2.56. The number of fused-ring (bicyclic) bond motifs is 2. The van der Waals surface area contributed by atoms with E-state index in [0.717, 1.165) is 44.9 Å². The van der Waals surface area contributed by atoms with Gasteiger partial charge in [0.2, 0.25) is 0 Å². The number of unbranched alkanes of at least 4 members (excludes halogenated alkanes) is 12. The van der Waals surface area contributed by atoms with Crippen LogP contribution in [0, 0.1) is 5.92 Å². The minimum Gasteiger partial charge on any atom is -0.444 e. The average molecular weight is 464 g/mol. The SMILES string of the molecule is CCCCCCCCCCCCCCCC(=O)C1CC2CCCC(C1)N2C(=O)OC(C)(C)C. The third-order valence-electron chi connectivity index (χ3n) is 7.56. The van der Waals surface area contributed by atoms with Gasteiger partial charge in [-0.15, -0.1) is 0 Å². The van der Waals surface area contributed by atoms with Crippen molar-refractivity contribution in [1.82, 2.24) is 4.90 Å². The van der Waals surface area contributed by atoms with Crippen LogP contribution in [0.5, 0.6) is 0 Å². The van der Waals surface area contributed by atoms with E-state index in [1.54, 1.807) is 0 Å². The Morgan fingerprint density at radius 2 is 1.21 bits per heavy atom. The largest absolute Gasteiger partial charge is 0.444 e. The molecule has 2 unspecified atom stereocenters. The number of rotatable bonds is 15. The summed E-state index contributed by atoms with van der Waals surface area (Å²) in [7, 11) is 0. The summed E-state index contributed by atoms with van der Waals surface area (Å²) in [6, 6.07) is 0.376. The van der Waals surface area contributed by atoms with Crippen molar-refractivity contribution in [3.8, 4) is 0 Å². The van der Waals surface area contributed by atoms with E-state index in [2.05, 4.69) is 6.92 Å². The maximum Gasteiger partial charge on any atom is 0.410 e. The summed E-state index contributed by atoms with van der Waals surface area (Å²) in [4.78, 5) is 27.6. The molecule has 0 aliphatic carbocycles. The third-order valence-corrected chi connectivity index (χ3v) is 7.56. The first-order valence-electron chi connectivity index (χ1n) is 14.4. The molecule has 2 atom stereocenters. The van der Waals surface area contributed by atoms with Crippen molar-refractivity contribution in [2.24, 2.45) is 5.92 Å². The van der Waals surface area contributed by atoms with Crippen LogP contribution in [-0.2, 0) is 9.53 Å². The number of ketones is 1. The Hall–Kier alpha value is -1.06. The van der Waals surface area contributed by atoms with Crippen LogP contribution in [0.2, 0.25) is 0 Å². The van der Waals surface area contributed by atoms with Crippen molar-refractivity contribution in [2.75, 3.05) is 0 Å². The van der Waals surface area contributed by atoms with Crippen molar-refractivity contribution in [3.05, 3.63) is 0 Å². The molecule has 2 fully saturated rings. The zero-order valence-corrected chi connectivity index (χ0v) is 22.3. The van der Waals surface area contributed by atoms with E-state index in [1.807, 2.05) is 25.7 Å². The predicted molar refractivity (Wildman–Crippen MR) is 138 cm³/mol. The van der Waals surface area contributed by atoms with Gasteiger partial charge in [0, 0.05) is 24.4 Å². The quantitative estimate of drug-likeness (QED) is 0.228. The number of ether oxygens (including phenoxy) is 1. The first-order chi connectivity index (χ1) is 15.8. The minimum absolute atomic E-state index is 0.149. The Kier molecular flexibility index (Phi) is 12.8. The molecule has 2 rings (SSSR count). The lowest BCUT2D eigenvalue weighted by Gasteiger charge is -2.48. The molecule has 1 amide bonds. The molecule has 0 saturated carbocycles. The van der Waals surface area contributed by atoms with Gasteiger partial charge in [0.05, 0.1) is 0 Å². The van der Waals surface area contributed by atoms with Crippen molar-refractivity contribution in [3.63, 3.8) is 0 Å². The number of carbonyl (C=O) groups is 2. The molecule has 0 aromatic carbocycles. The summed E-state index contributed by atoms with van der Waals surface area (Å²) in [5, 5.41) is 0. The highest BCUT2D eigenvalue weighted by atomic mass is 16.6. The van der Waals surface area contributed by atoms with Crippen molar-refractivity contribution < 1.29 is 14.3 Å². The maximum absolute atomic E-state index is 12.9. The molecule has 0 radical (unpaired) electrons. The van der Waals surface area contributed by atoms with Gasteiger partial charge in [-0.05, 0) is 59.3 Å². The fourth-order valence-corrected chi connectivity index (χ4v) is 5.78. The summed E-state index contributed by atoms with van der Waals surface area (Å²) >= 11 is 0. The van der Waals surface area contributed by atoms with E-state index in [9.17, 15) is 9.59 Å². The van der Waals surface area contributed by atoms with Crippen molar-refractivity contribution in [1.29, 1.82) is 0 Å². The molecule has 4 nitrogen and oxygen atoms in total. The van der Waals surface area contributed by atoms with Gasteiger partial charge in [0.15, 0.2) is 0 Å². The Bertz CT molecular complexity index is 554. The fraction of sp³-hybridized carbons (Fsp3) is 0.931. The maximum atomic E-state index is 12.9. The topological polar surface area (TPSA) is 46.6 Å². The number of amides is 1. The van der Waals surface area contributed by atoms with Gasteiger partial charge in [-0.3, -0.25) is 4.79 Å². The molecular weight excluding hydrogens is 410 g/mol. The molecule has 2 heterocycles. The summed E-state index contributed by atoms with van der Waals surface area (Å²) in [5.74, 6) is 0.593. The van der Waals surface area contributed by atoms with E-state index in [-0.39, 0.29) is 24.1 Å². The molecule has 4 heteroatoms. The van der Waals surface area contributed by atoms with Gasteiger partial charge in [-0.2, -0.15) is 0 Å². The van der Waals surface area contributed by atoms with E-state index in [0.29, 0.717) is 5.78 Å². The number of hydrogen-bond donors (Lipinski definition) is 0. The highest BCUT2D eigenvalue weighted by Crippen LogP contribution is 2.38. The number of carbonyl (C=O) groups excluding carboxylic acids is 2. The third kappa shape index (κ3) is 10.8. The van der Waals surface area contributed by atoms with E-state index >= 15 is 0 Å². The van der Waals surface area contributed by atoms with Gasteiger partial charge in [0.25, 0.3) is 0 Å². The van der Waals surface area contributed by atoms with Crippen LogP contribution in [-0.4, -0.2) is 34.5 Å². The van der Waals surface area contributed by atoms with Gasteiger partial charge in [-0.1, -0.05) is 84.0 Å².